The second-order valence-electron chi connectivity index (χ2n) is 8.23. The Bertz CT molecular complexity index is 1390. The number of nitrogens with one attached hydrogen (secondary N) is 1. The molecule has 5 aromatic rings. The van der Waals surface area contributed by atoms with E-state index >= 15 is 0 Å². The van der Waals surface area contributed by atoms with E-state index in [4.69, 9.17) is 4.98 Å². The van der Waals surface area contributed by atoms with Gasteiger partial charge in [0.2, 0.25) is 0 Å². The summed E-state index contributed by atoms with van der Waals surface area (Å²) in [5.41, 5.74) is 8.39. The number of aryl methyl sites for hydroxylation is 1. The lowest BCUT2D eigenvalue weighted by Crippen LogP contribution is -2.22. The second kappa shape index (κ2) is 9.86. The third-order valence-corrected chi connectivity index (χ3v) is 6.65. The van der Waals surface area contributed by atoms with Crippen LogP contribution in [0.1, 0.15) is 21.5 Å². The standard InChI is InChI=1S/C30H24N2OS/c1-21-7-11-25(12-8-21)28-20-34-30(32-28)27-13-9-22(10-14-27)19-31-29(33)26-17-15-24(16-18-26)23-5-3-2-4-6-23/h2-18,20H,19H2,1H3,(H,31,33). The molecule has 0 spiro atoms. The molecule has 0 radical (unpaired) electrons. The summed E-state index contributed by atoms with van der Waals surface area (Å²) in [4.78, 5) is 17.4. The van der Waals surface area contributed by atoms with Gasteiger partial charge in [0.15, 0.2) is 0 Å². The number of thiazole rings is 1. The van der Waals surface area contributed by atoms with Crippen LogP contribution in [0, 0.1) is 6.92 Å². The zero-order valence-electron chi connectivity index (χ0n) is 18.9. The van der Waals surface area contributed by atoms with Crippen LogP contribution in [0.25, 0.3) is 33.0 Å². The SMILES string of the molecule is Cc1ccc(-c2csc(-c3ccc(CNC(=O)c4ccc(-c5ccccc5)cc4)cc3)n2)cc1. The number of aromatic nitrogens is 1. The average Bonchev–Trinajstić information content (AvgIpc) is 3.39. The Kier molecular flexibility index (Phi) is 6.32. The Morgan fingerprint density at radius 1 is 0.735 bits per heavy atom. The van der Waals surface area contributed by atoms with Crippen molar-refractivity contribution in [1.29, 1.82) is 0 Å². The number of hydrogen-bond acceptors (Lipinski definition) is 3. The largest absolute Gasteiger partial charge is 0.348 e. The molecule has 0 aliphatic heterocycles. The van der Waals surface area contributed by atoms with Gasteiger partial charge in [-0.25, -0.2) is 4.98 Å². The highest BCUT2D eigenvalue weighted by Gasteiger charge is 2.09. The van der Waals surface area contributed by atoms with Gasteiger partial charge < -0.3 is 5.32 Å². The van der Waals surface area contributed by atoms with Gasteiger partial charge in [-0.2, -0.15) is 0 Å². The molecule has 0 bridgehead atoms. The molecule has 4 heteroatoms. The van der Waals surface area contributed by atoms with Gasteiger partial charge in [0, 0.05) is 28.6 Å². The highest BCUT2D eigenvalue weighted by atomic mass is 32.1. The number of carbonyl (C=O) groups excluding carboxylic acids is 1. The quantitative estimate of drug-likeness (QED) is 0.287. The molecule has 1 N–H and O–H groups in total. The maximum atomic E-state index is 12.6. The molecule has 3 nitrogen and oxygen atoms in total. The lowest BCUT2D eigenvalue weighted by molar-refractivity contribution is 0.0951. The fraction of sp³-hybridized carbons (Fsp3) is 0.0667. The summed E-state index contributed by atoms with van der Waals surface area (Å²) in [5.74, 6) is -0.0775. The summed E-state index contributed by atoms with van der Waals surface area (Å²) >= 11 is 1.64. The summed E-state index contributed by atoms with van der Waals surface area (Å²) < 4.78 is 0. The smallest absolute Gasteiger partial charge is 0.251 e. The number of hydrogen-bond donors (Lipinski definition) is 1. The lowest BCUT2D eigenvalue weighted by atomic mass is 10.0. The van der Waals surface area contributed by atoms with Crippen molar-refractivity contribution in [2.75, 3.05) is 0 Å². The Morgan fingerprint density at radius 3 is 2.06 bits per heavy atom. The second-order valence-corrected chi connectivity index (χ2v) is 9.09. The maximum Gasteiger partial charge on any atom is 0.251 e. The zero-order chi connectivity index (χ0) is 23.3. The molecule has 0 saturated carbocycles. The van der Waals surface area contributed by atoms with Gasteiger partial charge >= 0.3 is 0 Å². The van der Waals surface area contributed by atoms with Crippen molar-refractivity contribution in [1.82, 2.24) is 10.3 Å². The van der Waals surface area contributed by atoms with Crippen molar-refractivity contribution in [3.8, 4) is 33.0 Å². The van der Waals surface area contributed by atoms with Crippen molar-refractivity contribution >= 4 is 17.2 Å². The molecule has 5 rings (SSSR count). The Hall–Kier alpha value is -4.02. The third kappa shape index (κ3) is 4.98. The van der Waals surface area contributed by atoms with E-state index in [1.54, 1.807) is 11.3 Å². The number of benzene rings is 4. The van der Waals surface area contributed by atoms with Crippen LogP contribution in [-0.4, -0.2) is 10.9 Å². The van der Waals surface area contributed by atoms with Gasteiger partial charge in [-0.3, -0.25) is 4.79 Å². The summed E-state index contributed by atoms with van der Waals surface area (Å²) in [5, 5.41) is 6.10. The van der Waals surface area contributed by atoms with E-state index in [9.17, 15) is 4.79 Å². The van der Waals surface area contributed by atoms with Gasteiger partial charge in [-0.1, -0.05) is 96.6 Å². The van der Waals surface area contributed by atoms with Crippen LogP contribution >= 0.6 is 11.3 Å². The van der Waals surface area contributed by atoms with E-state index in [0.717, 1.165) is 38.5 Å². The van der Waals surface area contributed by atoms with Crippen LogP contribution in [0.15, 0.2) is 109 Å². The Labute approximate surface area is 203 Å². The molecule has 166 valence electrons. The third-order valence-electron chi connectivity index (χ3n) is 5.76. The average molecular weight is 461 g/mol. The summed E-state index contributed by atoms with van der Waals surface area (Å²) in [6.07, 6.45) is 0. The van der Waals surface area contributed by atoms with Crippen molar-refractivity contribution in [3.05, 3.63) is 125 Å². The Balaban J connectivity index is 1.20. The molecule has 1 amide bonds. The predicted molar refractivity (Wildman–Crippen MR) is 141 cm³/mol. The number of rotatable bonds is 6. The predicted octanol–water partition coefficient (Wildman–Crippen LogP) is 7.38. The van der Waals surface area contributed by atoms with E-state index in [0.29, 0.717) is 12.1 Å². The highest BCUT2D eigenvalue weighted by Crippen LogP contribution is 2.29. The zero-order valence-corrected chi connectivity index (χ0v) is 19.7. The molecule has 0 fully saturated rings. The monoisotopic (exact) mass is 460 g/mol. The summed E-state index contributed by atoms with van der Waals surface area (Å²) in [6, 6.07) is 34.5. The first-order chi connectivity index (χ1) is 16.7. The molecular formula is C30H24N2OS. The van der Waals surface area contributed by atoms with E-state index in [1.807, 2.05) is 54.6 Å². The van der Waals surface area contributed by atoms with Crippen molar-refractivity contribution < 1.29 is 4.79 Å². The van der Waals surface area contributed by atoms with Crippen LogP contribution in [-0.2, 0) is 6.54 Å². The van der Waals surface area contributed by atoms with Crippen LogP contribution < -0.4 is 5.32 Å². The van der Waals surface area contributed by atoms with Crippen LogP contribution in [0.5, 0.6) is 0 Å². The van der Waals surface area contributed by atoms with E-state index in [1.165, 1.54) is 5.56 Å². The fourth-order valence-corrected chi connectivity index (χ4v) is 4.59. The van der Waals surface area contributed by atoms with Crippen molar-refractivity contribution in [2.45, 2.75) is 13.5 Å². The molecule has 1 aromatic heterocycles. The van der Waals surface area contributed by atoms with Gasteiger partial charge in [0.25, 0.3) is 5.91 Å². The minimum atomic E-state index is -0.0775. The molecule has 0 atom stereocenters. The summed E-state index contributed by atoms with van der Waals surface area (Å²) in [7, 11) is 0. The molecule has 0 saturated heterocycles. The maximum absolute atomic E-state index is 12.6. The van der Waals surface area contributed by atoms with E-state index < -0.39 is 0 Å². The first kappa shape index (κ1) is 21.8. The minimum absolute atomic E-state index is 0.0775. The van der Waals surface area contributed by atoms with Crippen LogP contribution in [0.2, 0.25) is 0 Å². The Morgan fingerprint density at radius 2 is 1.35 bits per heavy atom. The molecular weight excluding hydrogens is 436 g/mol. The molecule has 4 aromatic carbocycles. The first-order valence-electron chi connectivity index (χ1n) is 11.2. The summed E-state index contributed by atoms with van der Waals surface area (Å²) in [6.45, 7) is 2.56. The number of nitrogens with zero attached hydrogens (tertiary/aromatic N) is 1. The molecule has 34 heavy (non-hydrogen) atoms. The van der Waals surface area contributed by atoms with Gasteiger partial charge in [-0.15, -0.1) is 11.3 Å². The lowest BCUT2D eigenvalue weighted by Gasteiger charge is -2.07. The van der Waals surface area contributed by atoms with Crippen molar-refractivity contribution in [3.63, 3.8) is 0 Å². The van der Waals surface area contributed by atoms with Crippen LogP contribution in [0.4, 0.5) is 0 Å². The normalized spacial score (nSPS) is 10.7. The fourth-order valence-electron chi connectivity index (χ4n) is 3.76. The number of carbonyl (C=O) groups is 1. The van der Waals surface area contributed by atoms with Gasteiger partial charge in [0.05, 0.1) is 5.69 Å². The topological polar surface area (TPSA) is 42.0 Å². The van der Waals surface area contributed by atoms with Gasteiger partial charge in [-0.05, 0) is 35.7 Å². The molecule has 0 aliphatic carbocycles. The molecule has 1 heterocycles. The van der Waals surface area contributed by atoms with Crippen molar-refractivity contribution in [2.24, 2.45) is 0 Å². The first-order valence-corrected chi connectivity index (χ1v) is 12.1. The number of amides is 1. The minimum Gasteiger partial charge on any atom is -0.348 e. The van der Waals surface area contributed by atoms with Gasteiger partial charge in [0.1, 0.15) is 5.01 Å². The molecule has 0 aliphatic rings. The molecule has 0 unspecified atom stereocenters. The van der Waals surface area contributed by atoms with E-state index in [-0.39, 0.29) is 5.91 Å². The van der Waals surface area contributed by atoms with Crippen LogP contribution in [0.3, 0.4) is 0 Å². The van der Waals surface area contributed by atoms with E-state index in [2.05, 4.69) is 66.2 Å². The highest BCUT2D eigenvalue weighted by molar-refractivity contribution is 7.13.